The first kappa shape index (κ1) is 26.8. The molecule has 1 N–H and O–H groups in total. The molecule has 0 fully saturated rings. The molecule has 0 aliphatic heterocycles. The monoisotopic (exact) mass is 512 g/mol. The van der Waals surface area contributed by atoms with Crippen molar-refractivity contribution in [1.29, 1.82) is 0 Å². The number of carbonyl (C=O) groups excluding carboxylic acids is 2. The Balaban J connectivity index is 1.91. The van der Waals surface area contributed by atoms with Gasteiger partial charge in [-0.05, 0) is 49.2 Å². The SMILES string of the molecule is CC[C@@H](C)NC(=O)[C@H](Cc1ccccc1)N(Cc1ccccc1F)C(=O)CSc1ccc(Cl)cc1. The van der Waals surface area contributed by atoms with E-state index in [0.717, 1.165) is 16.9 Å². The lowest BCUT2D eigenvalue weighted by Gasteiger charge is -2.32. The Kier molecular flexibility index (Phi) is 10.2. The van der Waals surface area contributed by atoms with Crippen LogP contribution in [0.25, 0.3) is 0 Å². The lowest BCUT2D eigenvalue weighted by molar-refractivity contribution is -0.139. The lowest BCUT2D eigenvalue weighted by atomic mass is 10.0. The molecule has 0 radical (unpaired) electrons. The zero-order valence-corrected chi connectivity index (χ0v) is 21.5. The highest BCUT2D eigenvalue weighted by atomic mass is 35.5. The van der Waals surface area contributed by atoms with Gasteiger partial charge in [-0.2, -0.15) is 0 Å². The molecule has 0 saturated heterocycles. The summed E-state index contributed by atoms with van der Waals surface area (Å²) in [5, 5.41) is 3.63. The fourth-order valence-corrected chi connectivity index (χ4v) is 4.47. The maximum Gasteiger partial charge on any atom is 0.243 e. The van der Waals surface area contributed by atoms with Crippen molar-refractivity contribution in [3.05, 3.63) is 101 Å². The Bertz CT molecular complexity index is 1110. The number of halogens is 2. The molecule has 4 nitrogen and oxygen atoms in total. The third-order valence-corrected chi connectivity index (χ3v) is 7.00. The topological polar surface area (TPSA) is 49.4 Å². The second-order valence-corrected chi connectivity index (χ2v) is 9.86. The number of hydrogen-bond acceptors (Lipinski definition) is 3. The van der Waals surface area contributed by atoms with Crippen LogP contribution in [0.15, 0.2) is 83.8 Å². The van der Waals surface area contributed by atoms with E-state index in [1.54, 1.807) is 30.3 Å². The van der Waals surface area contributed by atoms with Gasteiger partial charge in [0.15, 0.2) is 0 Å². The maximum absolute atomic E-state index is 14.6. The molecule has 7 heteroatoms. The van der Waals surface area contributed by atoms with Gasteiger partial charge >= 0.3 is 0 Å². The number of thioether (sulfide) groups is 1. The van der Waals surface area contributed by atoms with Gasteiger partial charge in [-0.15, -0.1) is 11.8 Å². The van der Waals surface area contributed by atoms with Crippen LogP contribution in [-0.2, 0) is 22.6 Å². The predicted octanol–water partition coefficient (Wildman–Crippen LogP) is 6.13. The van der Waals surface area contributed by atoms with Gasteiger partial charge in [0.25, 0.3) is 0 Å². The number of rotatable bonds is 11. The molecule has 0 saturated carbocycles. The number of nitrogens with zero attached hydrogens (tertiary/aromatic N) is 1. The molecule has 35 heavy (non-hydrogen) atoms. The smallest absolute Gasteiger partial charge is 0.243 e. The molecular weight excluding hydrogens is 483 g/mol. The van der Waals surface area contributed by atoms with E-state index in [1.807, 2.05) is 56.3 Å². The largest absolute Gasteiger partial charge is 0.352 e. The van der Waals surface area contributed by atoms with Crippen molar-refractivity contribution >= 4 is 35.2 Å². The molecule has 0 aromatic heterocycles. The molecule has 3 aromatic carbocycles. The fourth-order valence-electron chi connectivity index (χ4n) is 3.56. The molecule has 0 bridgehead atoms. The summed E-state index contributed by atoms with van der Waals surface area (Å²) in [7, 11) is 0. The Labute approximate surface area is 215 Å². The van der Waals surface area contributed by atoms with Crippen LogP contribution in [0.5, 0.6) is 0 Å². The van der Waals surface area contributed by atoms with Crippen molar-refractivity contribution in [3.8, 4) is 0 Å². The summed E-state index contributed by atoms with van der Waals surface area (Å²) in [6.07, 6.45) is 1.09. The Morgan fingerprint density at radius 1 is 1.00 bits per heavy atom. The van der Waals surface area contributed by atoms with Crippen molar-refractivity contribution in [2.45, 2.75) is 50.2 Å². The molecule has 2 amide bonds. The zero-order valence-electron chi connectivity index (χ0n) is 19.9. The van der Waals surface area contributed by atoms with Crippen LogP contribution >= 0.6 is 23.4 Å². The van der Waals surface area contributed by atoms with Crippen LogP contribution in [0.3, 0.4) is 0 Å². The summed E-state index contributed by atoms with van der Waals surface area (Å²) >= 11 is 7.33. The number of hydrogen-bond donors (Lipinski definition) is 1. The number of carbonyl (C=O) groups is 2. The highest BCUT2D eigenvalue weighted by Gasteiger charge is 2.31. The first-order chi connectivity index (χ1) is 16.9. The van der Waals surface area contributed by atoms with Gasteiger partial charge in [-0.3, -0.25) is 9.59 Å². The molecule has 3 rings (SSSR count). The van der Waals surface area contributed by atoms with E-state index in [4.69, 9.17) is 11.6 Å². The fraction of sp³-hybridized carbons (Fsp3) is 0.286. The van der Waals surface area contributed by atoms with Crippen LogP contribution in [-0.4, -0.2) is 34.6 Å². The lowest BCUT2D eigenvalue weighted by Crippen LogP contribution is -2.52. The van der Waals surface area contributed by atoms with E-state index < -0.39 is 11.9 Å². The minimum atomic E-state index is -0.788. The molecule has 0 aliphatic rings. The van der Waals surface area contributed by atoms with Crippen molar-refractivity contribution < 1.29 is 14.0 Å². The third-order valence-electron chi connectivity index (χ3n) is 5.75. The standard InChI is InChI=1S/C28H30ClFN2O2S/c1-3-20(2)31-28(34)26(17-21-9-5-4-6-10-21)32(18-22-11-7-8-12-25(22)30)27(33)19-35-24-15-13-23(29)14-16-24/h4-16,20,26H,3,17-19H2,1-2H3,(H,31,34)/t20-,26+/m1/s1. The molecule has 3 aromatic rings. The quantitative estimate of drug-likeness (QED) is 0.314. The predicted molar refractivity (Wildman–Crippen MR) is 141 cm³/mol. The second-order valence-electron chi connectivity index (χ2n) is 8.38. The van der Waals surface area contributed by atoms with E-state index >= 15 is 0 Å². The first-order valence-electron chi connectivity index (χ1n) is 11.6. The van der Waals surface area contributed by atoms with Gasteiger partial charge in [0.05, 0.1) is 5.75 Å². The van der Waals surface area contributed by atoms with E-state index in [2.05, 4.69) is 5.32 Å². The maximum atomic E-state index is 14.6. The minimum Gasteiger partial charge on any atom is -0.352 e. The van der Waals surface area contributed by atoms with Crippen molar-refractivity contribution in [2.24, 2.45) is 0 Å². The van der Waals surface area contributed by atoms with Gasteiger partial charge in [0.2, 0.25) is 11.8 Å². The van der Waals surface area contributed by atoms with Crippen LogP contribution in [0.1, 0.15) is 31.4 Å². The van der Waals surface area contributed by atoms with Gasteiger partial charge in [0.1, 0.15) is 11.9 Å². The molecule has 2 atom stereocenters. The molecule has 0 aliphatic carbocycles. The van der Waals surface area contributed by atoms with E-state index in [1.165, 1.54) is 22.7 Å². The molecule has 0 spiro atoms. The first-order valence-corrected chi connectivity index (χ1v) is 13.0. The van der Waals surface area contributed by atoms with Crippen LogP contribution < -0.4 is 5.32 Å². The average Bonchev–Trinajstić information content (AvgIpc) is 2.87. The van der Waals surface area contributed by atoms with Gasteiger partial charge in [0, 0.05) is 34.5 Å². The summed E-state index contributed by atoms with van der Waals surface area (Å²) < 4.78 is 14.6. The zero-order chi connectivity index (χ0) is 25.2. The Morgan fingerprint density at radius 3 is 2.31 bits per heavy atom. The van der Waals surface area contributed by atoms with Crippen LogP contribution in [0, 0.1) is 5.82 Å². The molecule has 184 valence electrons. The van der Waals surface area contributed by atoms with Gasteiger partial charge in [-0.1, -0.05) is 67.1 Å². The number of amides is 2. The van der Waals surface area contributed by atoms with Crippen LogP contribution in [0.2, 0.25) is 5.02 Å². The molecular formula is C28H30ClFN2O2S. The minimum absolute atomic E-state index is 0.00187. The van der Waals surface area contributed by atoms with Gasteiger partial charge < -0.3 is 10.2 Å². The Morgan fingerprint density at radius 2 is 1.66 bits per heavy atom. The summed E-state index contributed by atoms with van der Waals surface area (Å²) in [5.41, 5.74) is 1.29. The van der Waals surface area contributed by atoms with E-state index in [-0.39, 0.29) is 30.2 Å². The number of benzene rings is 3. The Hall–Kier alpha value is -2.83. The van der Waals surface area contributed by atoms with Crippen molar-refractivity contribution in [2.75, 3.05) is 5.75 Å². The van der Waals surface area contributed by atoms with Crippen molar-refractivity contribution in [3.63, 3.8) is 0 Å². The van der Waals surface area contributed by atoms with Crippen molar-refractivity contribution in [1.82, 2.24) is 10.2 Å². The molecule has 0 unspecified atom stereocenters. The number of nitrogens with one attached hydrogen (secondary N) is 1. The normalized spacial score (nSPS) is 12.6. The second kappa shape index (κ2) is 13.3. The van der Waals surface area contributed by atoms with Gasteiger partial charge in [-0.25, -0.2) is 4.39 Å². The summed E-state index contributed by atoms with van der Waals surface area (Å²) in [6.45, 7) is 3.91. The third kappa shape index (κ3) is 8.11. The summed E-state index contributed by atoms with van der Waals surface area (Å²) in [5.74, 6) is -0.785. The average molecular weight is 513 g/mol. The van der Waals surface area contributed by atoms with Crippen LogP contribution in [0.4, 0.5) is 4.39 Å². The van der Waals surface area contributed by atoms with E-state index in [9.17, 15) is 14.0 Å². The highest BCUT2D eigenvalue weighted by molar-refractivity contribution is 8.00. The highest BCUT2D eigenvalue weighted by Crippen LogP contribution is 2.23. The summed E-state index contributed by atoms with van der Waals surface area (Å²) in [6, 6.07) is 22.3. The summed E-state index contributed by atoms with van der Waals surface area (Å²) in [4.78, 5) is 29.4. The molecule has 0 heterocycles. The van der Waals surface area contributed by atoms with E-state index in [0.29, 0.717) is 17.0 Å².